The van der Waals surface area contributed by atoms with E-state index in [2.05, 4.69) is 10.0 Å². The van der Waals surface area contributed by atoms with Gasteiger partial charge in [-0.1, -0.05) is 46.9 Å². The summed E-state index contributed by atoms with van der Waals surface area (Å²) in [6, 6.07) is 15.3. The van der Waals surface area contributed by atoms with Crippen molar-refractivity contribution in [2.75, 3.05) is 23.1 Å². The monoisotopic (exact) mass is 629 g/mol. The predicted molar refractivity (Wildman–Crippen MR) is 155 cm³/mol. The van der Waals surface area contributed by atoms with Gasteiger partial charge in [-0.15, -0.1) is 0 Å². The van der Waals surface area contributed by atoms with Crippen molar-refractivity contribution in [1.29, 1.82) is 0 Å². The summed E-state index contributed by atoms with van der Waals surface area (Å²) in [7, 11) is -7.57. The SMILES string of the molecule is Cc1c(Cl)cccc1NS(=O)(=O)c1ccc(NC(=O)[C@@H]2CCCN(S(=O)(=O)Cc3ccc(Cl)c(Cl)c3)C2)cc1. The second-order valence-electron chi connectivity index (χ2n) is 9.23. The zero-order valence-corrected chi connectivity index (χ0v) is 24.7. The summed E-state index contributed by atoms with van der Waals surface area (Å²) in [6.07, 6.45) is 1.06. The van der Waals surface area contributed by atoms with Gasteiger partial charge in [0.1, 0.15) is 0 Å². The molecule has 2 N–H and O–H groups in total. The number of piperidine rings is 1. The molecule has 1 fully saturated rings. The average Bonchev–Trinajstić information content (AvgIpc) is 2.89. The van der Waals surface area contributed by atoms with Gasteiger partial charge >= 0.3 is 0 Å². The van der Waals surface area contributed by atoms with E-state index < -0.39 is 26.0 Å². The van der Waals surface area contributed by atoms with Gasteiger partial charge in [0.25, 0.3) is 10.0 Å². The van der Waals surface area contributed by atoms with Crippen molar-refractivity contribution >= 4 is 72.1 Å². The van der Waals surface area contributed by atoms with Gasteiger partial charge < -0.3 is 5.32 Å². The van der Waals surface area contributed by atoms with Crippen LogP contribution in [0.4, 0.5) is 11.4 Å². The van der Waals surface area contributed by atoms with Crippen LogP contribution in [0.1, 0.15) is 24.0 Å². The Morgan fingerprint density at radius 3 is 2.36 bits per heavy atom. The molecule has 208 valence electrons. The molecule has 1 aliphatic heterocycles. The van der Waals surface area contributed by atoms with Crippen molar-refractivity contribution in [1.82, 2.24) is 4.31 Å². The highest BCUT2D eigenvalue weighted by Gasteiger charge is 2.32. The Hall–Kier alpha value is -2.34. The minimum Gasteiger partial charge on any atom is -0.326 e. The first-order valence-corrected chi connectivity index (χ1v) is 16.2. The van der Waals surface area contributed by atoms with Crippen molar-refractivity contribution in [3.8, 4) is 0 Å². The summed E-state index contributed by atoms with van der Waals surface area (Å²) in [6.45, 7) is 2.08. The van der Waals surface area contributed by atoms with Crippen molar-refractivity contribution in [2.24, 2.45) is 5.92 Å². The number of hydrogen-bond acceptors (Lipinski definition) is 5. The number of carbonyl (C=O) groups excluding carboxylic acids is 1. The van der Waals surface area contributed by atoms with E-state index in [1.54, 1.807) is 37.3 Å². The Bertz CT molecular complexity index is 1600. The van der Waals surface area contributed by atoms with Crippen LogP contribution in [0.2, 0.25) is 15.1 Å². The number of nitrogens with zero attached hydrogens (tertiary/aromatic N) is 1. The van der Waals surface area contributed by atoms with Crippen LogP contribution >= 0.6 is 34.8 Å². The summed E-state index contributed by atoms with van der Waals surface area (Å²) in [5.41, 5.74) is 1.88. The van der Waals surface area contributed by atoms with Crippen LogP contribution < -0.4 is 10.0 Å². The van der Waals surface area contributed by atoms with Gasteiger partial charge in [0.05, 0.1) is 32.3 Å². The number of carbonyl (C=O) groups is 1. The first kappa shape index (κ1) is 29.6. The highest BCUT2D eigenvalue weighted by atomic mass is 35.5. The molecule has 39 heavy (non-hydrogen) atoms. The fraction of sp³-hybridized carbons (Fsp3) is 0.269. The smallest absolute Gasteiger partial charge is 0.261 e. The zero-order chi connectivity index (χ0) is 28.4. The molecule has 0 unspecified atom stereocenters. The molecule has 0 saturated carbocycles. The van der Waals surface area contributed by atoms with Crippen LogP contribution in [0.25, 0.3) is 0 Å². The lowest BCUT2D eigenvalue weighted by Gasteiger charge is -2.31. The molecule has 1 aliphatic rings. The van der Waals surface area contributed by atoms with Crippen LogP contribution in [0.5, 0.6) is 0 Å². The molecule has 0 aromatic heterocycles. The molecule has 3 aromatic carbocycles. The fourth-order valence-corrected chi connectivity index (χ4v) is 7.44. The number of benzene rings is 3. The van der Waals surface area contributed by atoms with Gasteiger partial charge in [0.2, 0.25) is 15.9 Å². The van der Waals surface area contributed by atoms with Gasteiger partial charge in [0.15, 0.2) is 0 Å². The summed E-state index contributed by atoms with van der Waals surface area (Å²) in [5, 5.41) is 3.82. The van der Waals surface area contributed by atoms with E-state index in [1.807, 2.05) is 0 Å². The van der Waals surface area contributed by atoms with Crippen LogP contribution in [0.3, 0.4) is 0 Å². The standard InChI is InChI=1S/C26H26Cl3N3O5S2/c1-17-22(27)5-2-6-25(17)31-39(36,37)21-10-8-20(9-11-21)30-26(33)19-4-3-13-32(15-19)38(34,35)16-18-7-12-23(28)24(29)14-18/h2,5-12,14,19,31H,3-4,13,15-16H2,1H3,(H,30,33)/t19-/m1/s1. The Labute approximate surface area is 243 Å². The zero-order valence-electron chi connectivity index (χ0n) is 20.8. The molecular weight excluding hydrogens is 605 g/mol. The highest BCUT2D eigenvalue weighted by molar-refractivity contribution is 7.92. The lowest BCUT2D eigenvalue weighted by Crippen LogP contribution is -2.44. The summed E-state index contributed by atoms with van der Waals surface area (Å²) < 4.78 is 55.5. The van der Waals surface area contributed by atoms with Crippen LogP contribution in [-0.2, 0) is 30.6 Å². The third-order valence-corrected chi connectivity index (χ3v) is 10.8. The molecule has 0 bridgehead atoms. The van der Waals surface area contributed by atoms with Crippen LogP contribution in [-0.4, -0.2) is 40.1 Å². The Kier molecular flexibility index (Phi) is 9.15. The number of halogens is 3. The second-order valence-corrected chi connectivity index (χ2v) is 14.1. The third kappa shape index (κ3) is 7.25. The summed E-state index contributed by atoms with van der Waals surface area (Å²) in [5.74, 6) is -1.15. The largest absolute Gasteiger partial charge is 0.326 e. The highest BCUT2D eigenvalue weighted by Crippen LogP contribution is 2.28. The van der Waals surface area contributed by atoms with Crippen LogP contribution in [0, 0.1) is 12.8 Å². The van der Waals surface area contributed by atoms with Crippen molar-refractivity contribution in [2.45, 2.75) is 30.4 Å². The normalized spacial score (nSPS) is 16.6. The van der Waals surface area contributed by atoms with Crippen molar-refractivity contribution in [3.63, 3.8) is 0 Å². The molecule has 4 rings (SSSR count). The molecule has 1 amide bonds. The molecule has 1 atom stereocenters. The average molecular weight is 631 g/mol. The topological polar surface area (TPSA) is 113 Å². The number of rotatable bonds is 8. The Morgan fingerprint density at radius 1 is 0.949 bits per heavy atom. The van der Waals surface area contributed by atoms with Gasteiger partial charge in [0, 0.05) is 23.8 Å². The molecule has 0 aliphatic carbocycles. The predicted octanol–water partition coefficient (Wildman–Crippen LogP) is 5.94. The minimum atomic E-state index is -3.88. The maximum atomic E-state index is 13.0. The number of anilines is 2. The maximum Gasteiger partial charge on any atom is 0.261 e. The van der Waals surface area contributed by atoms with E-state index in [4.69, 9.17) is 34.8 Å². The van der Waals surface area contributed by atoms with Gasteiger partial charge in [-0.3, -0.25) is 9.52 Å². The maximum absolute atomic E-state index is 13.0. The van der Waals surface area contributed by atoms with E-state index in [-0.39, 0.29) is 28.1 Å². The number of nitrogens with one attached hydrogen (secondary N) is 2. The van der Waals surface area contributed by atoms with Gasteiger partial charge in [-0.25, -0.2) is 21.1 Å². The van der Waals surface area contributed by atoms with Gasteiger partial charge in [-0.05, 0) is 79.4 Å². The van der Waals surface area contributed by atoms with Crippen molar-refractivity contribution < 1.29 is 21.6 Å². The number of amides is 1. The Morgan fingerprint density at radius 2 is 1.67 bits per heavy atom. The first-order valence-electron chi connectivity index (χ1n) is 12.0. The van der Waals surface area contributed by atoms with Gasteiger partial charge in [-0.2, -0.15) is 0 Å². The molecule has 3 aromatic rings. The lowest BCUT2D eigenvalue weighted by atomic mass is 9.99. The molecule has 1 heterocycles. The number of hydrogen-bond donors (Lipinski definition) is 2. The van der Waals surface area contributed by atoms with E-state index in [0.29, 0.717) is 51.9 Å². The Balaban J connectivity index is 1.39. The van der Waals surface area contributed by atoms with E-state index in [0.717, 1.165) is 0 Å². The summed E-state index contributed by atoms with van der Waals surface area (Å²) in [4.78, 5) is 13.0. The number of sulfonamides is 2. The lowest BCUT2D eigenvalue weighted by molar-refractivity contribution is -0.120. The molecule has 0 spiro atoms. The summed E-state index contributed by atoms with van der Waals surface area (Å²) >= 11 is 18.0. The first-order chi connectivity index (χ1) is 18.4. The fourth-order valence-electron chi connectivity index (χ4n) is 4.22. The molecular formula is C26H26Cl3N3O5S2. The van der Waals surface area contributed by atoms with E-state index in [9.17, 15) is 21.6 Å². The molecule has 8 nitrogen and oxygen atoms in total. The van der Waals surface area contributed by atoms with Crippen molar-refractivity contribution in [3.05, 3.63) is 86.9 Å². The van der Waals surface area contributed by atoms with E-state index >= 15 is 0 Å². The quantitative estimate of drug-likeness (QED) is 0.320. The van der Waals surface area contributed by atoms with Crippen LogP contribution in [0.15, 0.2) is 65.6 Å². The minimum absolute atomic E-state index is 0.0112. The molecule has 1 saturated heterocycles. The second kappa shape index (κ2) is 12.0. The molecule has 0 radical (unpaired) electrons. The third-order valence-electron chi connectivity index (χ3n) is 6.43. The van der Waals surface area contributed by atoms with E-state index in [1.165, 1.54) is 34.6 Å². The molecule has 13 heteroatoms.